The highest BCUT2D eigenvalue weighted by Gasteiger charge is 2.23. The van der Waals surface area contributed by atoms with Crippen molar-refractivity contribution in [1.82, 2.24) is 15.5 Å². The molecule has 6 nitrogen and oxygen atoms in total. The summed E-state index contributed by atoms with van der Waals surface area (Å²) in [5.74, 6) is 0.0119. The second-order valence-corrected chi connectivity index (χ2v) is 9.51. The number of benzene rings is 2. The molecule has 6 heteroatoms. The van der Waals surface area contributed by atoms with Crippen LogP contribution in [0.3, 0.4) is 0 Å². The second-order valence-electron chi connectivity index (χ2n) is 9.51. The molecule has 0 spiro atoms. The summed E-state index contributed by atoms with van der Waals surface area (Å²) in [4.78, 5) is 27.0. The van der Waals surface area contributed by atoms with Crippen LogP contribution in [0, 0.1) is 6.92 Å². The van der Waals surface area contributed by atoms with Crippen molar-refractivity contribution in [2.45, 2.75) is 65.1 Å². The van der Waals surface area contributed by atoms with Gasteiger partial charge in [-0.2, -0.15) is 0 Å². The number of aryl methyl sites for hydroxylation is 1. The van der Waals surface area contributed by atoms with Crippen molar-refractivity contribution in [3.8, 4) is 0 Å². The van der Waals surface area contributed by atoms with E-state index in [1.165, 1.54) is 11.1 Å². The van der Waals surface area contributed by atoms with Crippen LogP contribution in [0.1, 0.15) is 50.3 Å². The molecule has 180 valence electrons. The Bertz CT molecular complexity index is 860. The first kappa shape index (κ1) is 26.4. The molecule has 2 rings (SSSR count). The summed E-state index contributed by atoms with van der Waals surface area (Å²) in [5.41, 5.74) is 3.06. The summed E-state index contributed by atoms with van der Waals surface area (Å²) in [5, 5.41) is 5.88. The standard InChI is InChI=1S/C27H39N3O3/c1-21-13-15-22(16-14-21)17-19-28-25(31)24(30(5)20-23-10-7-6-8-11-23)12-9-18-29-26(32)33-27(2,3)4/h6-8,10-11,13-16,24H,9,12,17-20H2,1-5H3,(H,28,31)(H,29,32)/t24-/m0/s1. The molecule has 0 unspecified atom stereocenters. The highest BCUT2D eigenvalue weighted by atomic mass is 16.6. The van der Waals surface area contributed by atoms with Crippen LogP contribution < -0.4 is 10.6 Å². The minimum Gasteiger partial charge on any atom is -0.444 e. The number of carbonyl (C=O) groups is 2. The van der Waals surface area contributed by atoms with E-state index in [0.717, 1.165) is 12.0 Å². The smallest absolute Gasteiger partial charge is 0.407 e. The SMILES string of the molecule is Cc1ccc(CCNC(=O)[C@H](CCCNC(=O)OC(C)(C)C)N(C)Cc2ccccc2)cc1. The molecular weight excluding hydrogens is 414 g/mol. The molecule has 33 heavy (non-hydrogen) atoms. The Morgan fingerprint density at radius 1 is 0.939 bits per heavy atom. The molecule has 0 fully saturated rings. The topological polar surface area (TPSA) is 70.7 Å². The van der Waals surface area contributed by atoms with Gasteiger partial charge >= 0.3 is 6.09 Å². The molecule has 0 aliphatic carbocycles. The maximum atomic E-state index is 13.1. The summed E-state index contributed by atoms with van der Waals surface area (Å²) in [6.07, 6.45) is 1.67. The summed E-state index contributed by atoms with van der Waals surface area (Å²) >= 11 is 0. The number of nitrogens with one attached hydrogen (secondary N) is 2. The Balaban J connectivity index is 1.90. The van der Waals surface area contributed by atoms with Gasteiger partial charge in [-0.05, 0) is 65.1 Å². The minimum atomic E-state index is -0.528. The first-order valence-corrected chi connectivity index (χ1v) is 11.7. The van der Waals surface area contributed by atoms with Crippen molar-refractivity contribution < 1.29 is 14.3 Å². The summed E-state index contributed by atoms with van der Waals surface area (Å²) in [6.45, 7) is 9.30. The van der Waals surface area contributed by atoms with Crippen molar-refractivity contribution >= 4 is 12.0 Å². The zero-order valence-corrected chi connectivity index (χ0v) is 20.7. The summed E-state index contributed by atoms with van der Waals surface area (Å²) in [7, 11) is 1.97. The third-order valence-corrected chi connectivity index (χ3v) is 5.27. The van der Waals surface area contributed by atoms with Crippen molar-refractivity contribution in [3.63, 3.8) is 0 Å². The Morgan fingerprint density at radius 3 is 2.24 bits per heavy atom. The van der Waals surface area contributed by atoms with Crippen LogP contribution in [0.25, 0.3) is 0 Å². The van der Waals surface area contributed by atoms with E-state index in [9.17, 15) is 9.59 Å². The van der Waals surface area contributed by atoms with Crippen LogP contribution in [0.15, 0.2) is 54.6 Å². The van der Waals surface area contributed by atoms with Gasteiger partial charge in [-0.1, -0.05) is 60.2 Å². The largest absolute Gasteiger partial charge is 0.444 e. The maximum Gasteiger partial charge on any atom is 0.407 e. The molecule has 0 bridgehead atoms. The lowest BCUT2D eigenvalue weighted by Gasteiger charge is -2.27. The van der Waals surface area contributed by atoms with E-state index >= 15 is 0 Å². The molecule has 0 saturated carbocycles. The molecule has 0 aliphatic heterocycles. The number of nitrogens with zero attached hydrogens (tertiary/aromatic N) is 1. The van der Waals surface area contributed by atoms with E-state index in [0.29, 0.717) is 32.5 Å². The summed E-state index contributed by atoms with van der Waals surface area (Å²) < 4.78 is 5.28. The lowest BCUT2D eigenvalue weighted by molar-refractivity contribution is -0.126. The lowest BCUT2D eigenvalue weighted by atomic mass is 10.1. The molecule has 0 radical (unpaired) electrons. The van der Waals surface area contributed by atoms with Crippen molar-refractivity contribution in [2.24, 2.45) is 0 Å². The molecule has 2 aromatic carbocycles. The molecule has 0 heterocycles. The summed E-state index contributed by atoms with van der Waals surface area (Å²) in [6, 6.07) is 18.2. The van der Waals surface area contributed by atoms with Gasteiger partial charge in [0.1, 0.15) is 5.60 Å². The predicted octanol–water partition coefficient (Wildman–Crippen LogP) is 4.46. The van der Waals surface area contributed by atoms with Gasteiger partial charge in [-0.25, -0.2) is 4.79 Å². The van der Waals surface area contributed by atoms with Gasteiger partial charge in [0.2, 0.25) is 5.91 Å². The van der Waals surface area contributed by atoms with Crippen LogP contribution in [0.2, 0.25) is 0 Å². The molecule has 2 amide bonds. The Morgan fingerprint density at radius 2 is 1.61 bits per heavy atom. The Labute approximate surface area is 198 Å². The highest BCUT2D eigenvalue weighted by Crippen LogP contribution is 2.12. The van der Waals surface area contributed by atoms with Crippen molar-refractivity contribution in [1.29, 1.82) is 0 Å². The quantitative estimate of drug-likeness (QED) is 0.493. The molecular formula is C27H39N3O3. The van der Waals surface area contributed by atoms with E-state index in [1.54, 1.807) is 0 Å². The van der Waals surface area contributed by atoms with E-state index in [-0.39, 0.29) is 11.9 Å². The first-order chi connectivity index (χ1) is 15.6. The zero-order chi connectivity index (χ0) is 24.3. The van der Waals surface area contributed by atoms with E-state index in [2.05, 4.69) is 58.9 Å². The molecule has 2 aromatic rings. The molecule has 0 saturated heterocycles. The molecule has 2 N–H and O–H groups in total. The van der Waals surface area contributed by atoms with Crippen LogP contribution in [0.4, 0.5) is 4.79 Å². The first-order valence-electron chi connectivity index (χ1n) is 11.7. The number of ether oxygens (including phenoxy) is 1. The van der Waals surface area contributed by atoms with Crippen LogP contribution >= 0.6 is 0 Å². The fourth-order valence-electron chi connectivity index (χ4n) is 3.54. The molecule has 0 aliphatic rings. The molecule has 0 aromatic heterocycles. The van der Waals surface area contributed by atoms with E-state index in [4.69, 9.17) is 4.74 Å². The third kappa shape index (κ3) is 10.5. The predicted molar refractivity (Wildman–Crippen MR) is 133 cm³/mol. The number of amides is 2. The van der Waals surface area contributed by atoms with Crippen LogP contribution in [-0.2, 0) is 22.5 Å². The average molecular weight is 454 g/mol. The zero-order valence-electron chi connectivity index (χ0n) is 20.7. The number of likely N-dealkylation sites (N-methyl/N-ethyl adjacent to an activating group) is 1. The van der Waals surface area contributed by atoms with Gasteiger partial charge in [-0.3, -0.25) is 9.69 Å². The number of hydrogen-bond acceptors (Lipinski definition) is 4. The third-order valence-electron chi connectivity index (χ3n) is 5.27. The normalized spacial score (nSPS) is 12.3. The molecule has 1 atom stereocenters. The van der Waals surface area contributed by atoms with Gasteiger partial charge < -0.3 is 15.4 Å². The monoisotopic (exact) mass is 453 g/mol. The number of rotatable bonds is 11. The van der Waals surface area contributed by atoms with Gasteiger partial charge in [0.05, 0.1) is 6.04 Å². The minimum absolute atomic E-state index is 0.0119. The lowest BCUT2D eigenvalue weighted by Crippen LogP contribution is -2.45. The fourth-order valence-corrected chi connectivity index (χ4v) is 3.54. The number of alkyl carbamates (subject to hydrolysis) is 1. The van der Waals surface area contributed by atoms with E-state index < -0.39 is 11.7 Å². The van der Waals surface area contributed by atoms with Gasteiger partial charge in [-0.15, -0.1) is 0 Å². The van der Waals surface area contributed by atoms with Crippen molar-refractivity contribution in [2.75, 3.05) is 20.1 Å². The average Bonchev–Trinajstić information content (AvgIpc) is 2.74. The maximum absolute atomic E-state index is 13.1. The fraction of sp³-hybridized carbons (Fsp3) is 0.481. The van der Waals surface area contributed by atoms with Crippen LogP contribution in [0.5, 0.6) is 0 Å². The Hall–Kier alpha value is -2.86. The second kappa shape index (κ2) is 13.0. The number of hydrogen-bond donors (Lipinski definition) is 2. The highest BCUT2D eigenvalue weighted by molar-refractivity contribution is 5.81. The Kier molecular flexibility index (Phi) is 10.4. The van der Waals surface area contributed by atoms with Gasteiger partial charge in [0, 0.05) is 19.6 Å². The van der Waals surface area contributed by atoms with Crippen LogP contribution in [-0.4, -0.2) is 48.7 Å². The van der Waals surface area contributed by atoms with Crippen molar-refractivity contribution in [3.05, 3.63) is 71.3 Å². The number of carbonyl (C=O) groups excluding carboxylic acids is 2. The van der Waals surface area contributed by atoms with Gasteiger partial charge in [0.15, 0.2) is 0 Å². The van der Waals surface area contributed by atoms with Gasteiger partial charge in [0.25, 0.3) is 0 Å². The van der Waals surface area contributed by atoms with E-state index in [1.807, 2.05) is 46.0 Å².